The number of aromatic carboxylic acids is 1. The summed E-state index contributed by atoms with van der Waals surface area (Å²) in [5.41, 5.74) is 7.54. The second-order valence-electron chi connectivity index (χ2n) is 5.62. The molecule has 4 nitrogen and oxygen atoms in total. The number of carboxylic acids is 1. The molecule has 0 bridgehead atoms. The second kappa shape index (κ2) is 5.51. The van der Waals surface area contributed by atoms with Crippen molar-refractivity contribution >= 4 is 17.3 Å². The second-order valence-corrected chi connectivity index (χ2v) is 5.62. The Morgan fingerprint density at radius 1 is 1.37 bits per heavy atom. The maximum atomic E-state index is 11.3. The lowest BCUT2D eigenvalue weighted by molar-refractivity contribution is 0.0697. The molecule has 0 atom stereocenters. The third-order valence-corrected chi connectivity index (χ3v) is 4.10. The van der Waals surface area contributed by atoms with Crippen molar-refractivity contribution in [2.45, 2.75) is 26.7 Å². The van der Waals surface area contributed by atoms with Crippen molar-refractivity contribution in [3.8, 4) is 0 Å². The molecule has 0 aliphatic carbocycles. The zero-order valence-electron chi connectivity index (χ0n) is 11.6. The Hall–Kier alpha value is -1.71. The highest BCUT2D eigenvalue weighted by Crippen LogP contribution is 2.33. The van der Waals surface area contributed by atoms with Gasteiger partial charge in [0.25, 0.3) is 0 Å². The highest BCUT2D eigenvalue weighted by atomic mass is 16.4. The lowest BCUT2D eigenvalue weighted by atomic mass is 9.86. The first kappa shape index (κ1) is 13.7. The minimum atomic E-state index is -0.909. The first-order valence-corrected chi connectivity index (χ1v) is 6.87. The first-order valence-electron chi connectivity index (χ1n) is 6.87. The summed E-state index contributed by atoms with van der Waals surface area (Å²) in [4.78, 5) is 13.4. The maximum absolute atomic E-state index is 11.3. The van der Waals surface area contributed by atoms with E-state index in [0.717, 1.165) is 31.8 Å². The van der Waals surface area contributed by atoms with E-state index in [-0.39, 0.29) is 0 Å². The number of rotatable bonds is 3. The standard InChI is InChI=1S/C15H22N2O2/c1-10(2)11-6-8-17(9-7-11)14-12(15(18)19)4-3-5-13(14)16/h3-5,10-11H,6-9,16H2,1-2H3,(H,18,19). The number of nitrogens with zero attached hydrogens (tertiary/aromatic N) is 1. The van der Waals surface area contributed by atoms with Crippen molar-refractivity contribution in [3.05, 3.63) is 23.8 Å². The van der Waals surface area contributed by atoms with Gasteiger partial charge in [-0.1, -0.05) is 19.9 Å². The summed E-state index contributed by atoms with van der Waals surface area (Å²) in [5, 5.41) is 9.28. The van der Waals surface area contributed by atoms with Crippen molar-refractivity contribution in [3.63, 3.8) is 0 Å². The number of carboxylic acid groups (broad SMARTS) is 1. The summed E-state index contributed by atoms with van der Waals surface area (Å²) in [7, 11) is 0. The molecule has 4 heteroatoms. The molecule has 0 aromatic heterocycles. The quantitative estimate of drug-likeness (QED) is 0.822. The molecule has 104 valence electrons. The Labute approximate surface area is 114 Å². The number of hydrogen-bond donors (Lipinski definition) is 2. The summed E-state index contributed by atoms with van der Waals surface area (Å²) in [6, 6.07) is 5.10. The molecule has 0 spiro atoms. The van der Waals surface area contributed by atoms with E-state index in [9.17, 15) is 9.90 Å². The number of carbonyl (C=O) groups is 1. The van der Waals surface area contributed by atoms with E-state index in [4.69, 9.17) is 5.73 Å². The monoisotopic (exact) mass is 262 g/mol. The molecule has 1 aliphatic rings. The molecule has 19 heavy (non-hydrogen) atoms. The van der Waals surface area contributed by atoms with Gasteiger partial charge < -0.3 is 15.7 Å². The van der Waals surface area contributed by atoms with Gasteiger partial charge in [-0.25, -0.2) is 4.79 Å². The van der Waals surface area contributed by atoms with Gasteiger partial charge in [0.15, 0.2) is 0 Å². The summed E-state index contributed by atoms with van der Waals surface area (Å²) in [6.07, 6.45) is 2.20. The average Bonchev–Trinajstić information content (AvgIpc) is 2.38. The molecule has 0 amide bonds. The molecule has 1 aromatic carbocycles. The topological polar surface area (TPSA) is 66.6 Å². The highest BCUT2D eigenvalue weighted by Gasteiger charge is 2.25. The minimum absolute atomic E-state index is 0.308. The Kier molecular flexibility index (Phi) is 3.98. The van der Waals surface area contributed by atoms with Gasteiger partial charge in [-0.05, 0) is 36.8 Å². The number of hydrogen-bond acceptors (Lipinski definition) is 3. The Balaban J connectivity index is 2.22. The predicted molar refractivity (Wildman–Crippen MR) is 77.6 cm³/mol. The van der Waals surface area contributed by atoms with E-state index in [1.807, 2.05) is 0 Å². The molecule has 0 saturated carbocycles. The maximum Gasteiger partial charge on any atom is 0.337 e. The van der Waals surface area contributed by atoms with Crippen LogP contribution in [0.3, 0.4) is 0 Å². The van der Waals surface area contributed by atoms with Crippen LogP contribution in [0.25, 0.3) is 0 Å². The number of para-hydroxylation sites is 1. The van der Waals surface area contributed by atoms with E-state index in [1.54, 1.807) is 18.2 Å². The summed E-state index contributed by atoms with van der Waals surface area (Å²) >= 11 is 0. The van der Waals surface area contributed by atoms with Gasteiger partial charge in [0.05, 0.1) is 16.9 Å². The van der Waals surface area contributed by atoms with Crippen molar-refractivity contribution < 1.29 is 9.90 Å². The molecule has 0 radical (unpaired) electrons. The molecule has 0 unspecified atom stereocenters. The lowest BCUT2D eigenvalue weighted by Gasteiger charge is -2.36. The van der Waals surface area contributed by atoms with Crippen LogP contribution in [-0.2, 0) is 0 Å². The lowest BCUT2D eigenvalue weighted by Crippen LogP contribution is -2.36. The smallest absolute Gasteiger partial charge is 0.337 e. The van der Waals surface area contributed by atoms with Gasteiger partial charge in [0.1, 0.15) is 0 Å². The third kappa shape index (κ3) is 2.83. The van der Waals surface area contributed by atoms with Crippen LogP contribution < -0.4 is 10.6 Å². The molecule has 1 fully saturated rings. The largest absolute Gasteiger partial charge is 0.478 e. The first-order chi connectivity index (χ1) is 9.00. The number of nitrogen functional groups attached to an aromatic ring is 1. The van der Waals surface area contributed by atoms with Gasteiger partial charge in [0, 0.05) is 13.1 Å². The average molecular weight is 262 g/mol. The normalized spacial score (nSPS) is 16.9. The van der Waals surface area contributed by atoms with Crippen LogP contribution in [-0.4, -0.2) is 24.2 Å². The molecule has 1 heterocycles. The van der Waals surface area contributed by atoms with Gasteiger partial charge in [-0.3, -0.25) is 0 Å². The number of piperidine rings is 1. The van der Waals surface area contributed by atoms with Crippen molar-refractivity contribution in [2.24, 2.45) is 11.8 Å². The molecular formula is C15H22N2O2. The Morgan fingerprint density at radius 2 is 2.00 bits per heavy atom. The van der Waals surface area contributed by atoms with Crippen LogP contribution in [0.2, 0.25) is 0 Å². The SMILES string of the molecule is CC(C)C1CCN(c2c(N)cccc2C(=O)O)CC1. The third-order valence-electron chi connectivity index (χ3n) is 4.10. The van der Waals surface area contributed by atoms with Crippen LogP contribution in [0.15, 0.2) is 18.2 Å². The van der Waals surface area contributed by atoms with E-state index in [2.05, 4.69) is 18.7 Å². The van der Waals surface area contributed by atoms with Crippen molar-refractivity contribution in [2.75, 3.05) is 23.7 Å². The van der Waals surface area contributed by atoms with E-state index < -0.39 is 5.97 Å². The van der Waals surface area contributed by atoms with E-state index >= 15 is 0 Å². The summed E-state index contributed by atoms with van der Waals surface area (Å²) in [6.45, 7) is 6.27. The number of anilines is 2. The van der Waals surface area contributed by atoms with Crippen LogP contribution in [0.5, 0.6) is 0 Å². The highest BCUT2D eigenvalue weighted by molar-refractivity contribution is 5.98. The molecule has 2 rings (SSSR count). The minimum Gasteiger partial charge on any atom is -0.478 e. The van der Waals surface area contributed by atoms with E-state index in [1.165, 1.54) is 0 Å². The van der Waals surface area contributed by atoms with Gasteiger partial charge in [-0.2, -0.15) is 0 Å². The van der Waals surface area contributed by atoms with Crippen LogP contribution >= 0.6 is 0 Å². The van der Waals surface area contributed by atoms with E-state index in [0.29, 0.717) is 22.9 Å². The van der Waals surface area contributed by atoms with Gasteiger partial charge >= 0.3 is 5.97 Å². The van der Waals surface area contributed by atoms with Gasteiger partial charge in [-0.15, -0.1) is 0 Å². The van der Waals surface area contributed by atoms with Crippen molar-refractivity contribution in [1.29, 1.82) is 0 Å². The van der Waals surface area contributed by atoms with Crippen molar-refractivity contribution in [1.82, 2.24) is 0 Å². The van der Waals surface area contributed by atoms with Crippen LogP contribution in [0.4, 0.5) is 11.4 Å². The summed E-state index contributed by atoms with van der Waals surface area (Å²) in [5.74, 6) is 0.511. The Morgan fingerprint density at radius 3 is 2.53 bits per heavy atom. The molecule has 1 saturated heterocycles. The Bertz CT molecular complexity index is 463. The van der Waals surface area contributed by atoms with Crippen LogP contribution in [0.1, 0.15) is 37.0 Å². The fourth-order valence-electron chi connectivity index (χ4n) is 2.88. The van der Waals surface area contributed by atoms with Gasteiger partial charge in [0.2, 0.25) is 0 Å². The number of benzene rings is 1. The zero-order valence-corrected chi connectivity index (χ0v) is 11.6. The molecule has 3 N–H and O–H groups in total. The predicted octanol–water partition coefficient (Wildman–Crippen LogP) is 2.84. The summed E-state index contributed by atoms with van der Waals surface area (Å²) < 4.78 is 0. The van der Waals surface area contributed by atoms with Crippen LogP contribution in [0, 0.1) is 11.8 Å². The zero-order chi connectivity index (χ0) is 14.0. The fraction of sp³-hybridized carbons (Fsp3) is 0.533. The molecular weight excluding hydrogens is 240 g/mol. The molecule has 1 aliphatic heterocycles. The molecule has 1 aromatic rings. The fourth-order valence-corrected chi connectivity index (χ4v) is 2.88. The number of nitrogens with two attached hydrogens (primary N) is 1.